The summed E-state index contributed by atoms with van der Waals surface area (Å²) in [6.07, 6.45) is 4.95. The van der Waals surface area contributed by atoms with E-state index in [9.17, 15) is 5.11 Å². The standard InChI is InChI=1S/C12H17N3O2/c1-17-11-10(13-4-5-14-11)12(16)3-7-15-6-2-9(12)8-15/h4-5,9,16H,2-3,6-8H2,1H3. The van der Waals surface area contributed by atoms with Crippen LogP contribution in [0.25, 0.3) is 0 Å². The highest BCUT2D eigenvalue weighted by Crippen LogP contribution is 2.44. The van der Waals surface area contributed by atoms with Crippen LogP contribution in [0.1, 0.15) is 18.5 Å². The van der Waals surface area contributed by atoms with Gasteiger partial charge in [-0.3, -0.25) is 4.98 Å². The third kappa shape index (κ3) is 1.61. The molecule has 3 rings (SSSR count). The second-order valence-corrected chi connectivity index (χ2v) is 4.87. The number of aromatic nitrogens is 2. The van der Waals surface area contributed by atoms with Crippen LogP contribution in [0.5, 0.6) is 5.88 Å². The van der Waals surface area contributed by atoms with Crippen LogP contribution in [0.2, 0.25) is 0 Å². The molecule has 0 aliphatic carbocycles. The Labute approximate surface area is 100 Å². The predicted octanol–water partition coefficient (Wildman–Crippen LogP) is 0.398. The van der Waals surface area contributed by atoms with E-state index in [-0.39, 0.29) is 5.92 Å². The summed E-state index contributed by atoms with van der Waals surface area (Å²) in [5.41, 5.74) is -0.263. The molecule has 2 aliphatic rings. The van der Waals surface area contributed by atoms with Crippen molar-refractivity contribution in [1.82, 2.24) is 14.9 Å². The zero-order chi connectivity index (χ0) is 11.9. The lowest BCUT2D eigenvalue weighted by atomic mass is 9.79. The van der Waals surface area contributed by atoms with Crippen LogP contribution in [-0.2, 0) is 5.60 Å². The average Bonchev–Trinajstić information content (AvgIpc) is 2.79. The van der Waals surface area contributed by atoms with Gasteiger partial charge >= 0.3 is 0 Å². The van der Waals surface area contributed by atoms with Crippen LogP contribution >= 0.6 is 0 Å². The van der Waals surface area contributed by atoms with Gasteiger partial charge in [0.15, 0.2) is 0 Å². The van der Waals surface area contributed by atoms with E-state index in [0.29, 0.717) is 18.0 Å². The Kier molecular flexibility index (Phi) is 2.52. The Morgan fingerprint density at radius 1 is 1.41 bits per heavy atom. The topological polar surface area (TPSA) is 58.5 Å². The average molecular weight is 235 g/mol. The second kappa shape index (κ2) is 3.92. The summed E-state index contributed by atoms with van der Waals surface area (Å²) < 4.78 is 5.22. The molecule has 2 bridgehead atoms. The van der Waals surface area contributed by atoms with Gasteiger partial charge in [-0.05, 0) is 19.4 Å². The molecule has 3 heterocycles. The van der Waals surface area contributed by atoms with E-state index in [1.807, 2.05) is 0 Å². The van der Waals surface area contributed by atoms with Crippen molar-refractivity contribution in [3.8, 4) is 5.88 Å². The molecule has 0 radical (unpaired) electrons. The van der Waals surface area contributed by atoms with Crippen molar-refractivity contribution in [2.24, 2.45) is 5.92 Å². The van der Waals surface area contributed by atoms with Gasteiger partial charge in [-0.2, -0.15) is 0 Å². The number of hydrogen-bond donors (Lipinski definition) is 1. The number of hydrogen-bond acceptors (Lipinski definition) is 5. The van der Waals surface area contributed by atoms with Gasteiger partial charge in [0.1, 0.15) is 11.3 Å². The molecule has 2 saturated heterocycles. The minimum absolute atomic E-state index is 0.252. The van der Waals surface area contributed by atoms with E-state index in [4.69, 9.17) is 4.74 Å². The molecule has 0 saturated carbocycles. The smallest absolute Gasteiger partial charge is 0.238 e. The van der Waals surface area contributed by atoms with Crippen molar-refractivity contribution < 1.29 is 9.84 Å². The molecular weight excluding hydrogens is 218 g/mol. The fraction of sp³-hybridized carbons (Fsp3) is 0.667. The normalized spacial score (nSPS) is 35.9. The van der Waals surface area contributed by atoms with Crippen molar-refractivity contribution in [3.05, 3.63) is 18.1 Å². The van der Waals surface area contributed by atoms with Gasteiger partial charge in [-0.15, -0.1) is 0 Å². The molecule has 0 amide bonds. The maximum absolute atomic E-state index is 10.9. The highest BCUT2D eigenvalue weighted by atomic mass is 16.5. The summed E-state index contributed by atoms with van der Waals surface area (Å²) in [6.45, 7) is 2.96. The molecule has 3 unspecified atom stereocenters. The first-order valence-electron chi connectivity index (χ1n) is 6.04. The fourth-order valence-corrected chi connectivity index (χ4v) is 3.04. The molecule has 1 aromatic heterocycles. The third-order valence-corrected chi connectivity index (χ3v) is 4.03. The Balaban J connectivity index is 2.01. The largest absolute Gasteiger partial charge is 0.480 e. The summed E-state index contributed by atoms with van der Waals surface area (Å²) in [4.78, 5) is 10.8. The second-order valence-electron chi connectivity index (χ2n) is 4.87. The first-order chi connectivity index (χ1) is 8.24. The van der Waals surface area contributed by atoms with Crippen molar-refractivity contribution in [2.45, 2.75) is 18.4 Å². The molecule has 17 heavy (non-hydrogen) atoms. The molecule has 2 aliphatic heterocycles. The lowest BCUT2D eigenvalue weighted by Crippen LogP contribution is -2.44. The van der Waals surface area contributed by atoms with Gasteiger partial charge in [-0.1, -0.05) is 0 Å². The third-order valence-electron chi connectivity index (χ3n) is 4.03. The lowest BCUT2D eigenvalue weighted by molar-refractivity contribution is -0.0557. The van der Waals surface area contributed by atoms with E-state index in [1.54, 1.807) is 19.5 Å². The van der Waals surface area contributed by atoms with Gasteiger partial charge in [0, 0.05) is 31.4 Å². The molecule has 1 N–H and O–H groups in total. The molecule has 0 spiro atoms. The summed E-state index contributed by atoms with van der Waals surface area (Å²) in [5.74, 6) is 0.706. The van der Waals surface area contributed by atoms with Crippen LogP contribution in [0.4, 0.5) is 0 Å². The van der Waals surface area contributed by atoms with Crippen LogP contribution in [0.15, 0.2) is 12.4 Å². The maximum Gasteiger partial charge on any atom is 0.238 e. The highest BCUT2D eigenvalue weighted by molar-refractivity contribution is 5.27. The Hall–Kier alpha value is -1.20. The van der Waals surface area contributed by atoms with E-state index in [1.165, 1.54) is 0 Å². The minimum atomic E-state index is -0.868. The summed E-state index contributed by atoms with van der Waals surface area (Å²) >= 11 is 0. The number of ether oxygens (including phenoxy) is 1. The summed E-state index contributed by atoms with van der Waals surface area (Å²) in [7, 11) is 1.57. The number of aliphatic hydroxyl groups is 1. The number of methoxy groups -OCH3 is 1. The zero-order valence-electron chi connectivity index (χ0n) is 9.96. The van der Waals surface area contributed by atoms with Crippen molar-refractivity contribution >= 4 is 0 Å². The molecule has 0 aromatic carbocycles. The van der Waals surface area contributed by atoms with Crippen molar-refractivity contribution in [3.63, 3.8) is 0 Å². The van der Waals surface area contributed by atoms with Gasteiger partial charge < -0.3 is 14.7 Å². The van der Waals surface area contributed by atoms with E-state index >= 15 is 0 Å². The van der Waals surface area contributed by atoms with Gasteiger partial charge in [0.05, 0.1) is 7.11 Å². The Morgan fingerprint density at radius 3 is 3.06 bits per heavy atom. The summed E-state index contributed by atoms with van der Waals surface area (Å²) in [5, 5.41) is 10.9. The van der Waals surface area contributed by atoms with Gasteiger partial charge in [0.25, 0.3) is 0 Å². The Bertz CT molecular complexity index is 426. The predicted molar refractivity (Wildman–Crippen MR) is 61.6 cm³/mol. The van der Waals surface area contributed by atoms with Gasteiger partial charge in [-0.25, -0.2) is 4.98 Å². The van der Waals surface area contributed by atoms with Crippen molar-refractivity contribution in [2.75, 3.05) is 26.7 Å². The van der Waals surface area contributed by atoms with Crippen LogP contribution in [0, 0.1) is 5.92 Å². The van der Waals surface area contributed by atoms with Crippen molar-refractivity contribution in [1.29, 1.82) is 0 Å². The van der Waals surface area contributed by atoms with Crippen LogP contribution in [-0.4, -0.2) is 46.7 Å². The summed E-state index contributed by atoms with van der Waals surface area (Å²) in [6, 6.07) is 0. The quantitative estimate of drug-likeness (QED) is 0.804. The molecular formula is C12H17N3O2. The van der Waals surface area contributed by atoms with Gasteiger partial charge in [0.2, 0.25) is 5.88 Å². The SMILES string of the molecule is COc1nccnc1C1(O)CCN2CCC1C2. The Morgan fingerprint density at radius 2 is 2.24 bits per heavy atom. The lowest BCUT2D eigenvalue weighted by Gasteiger charge is -2.38. The highest BCUT2D eigenvalue weighted by Gasteiger charge is 2.48. The van der Waals surface area contributed by atoms with E-state index < -0.39 is 5.60 Å². The van der Waals surface area contributed by atoms with Crippen LogP contribution < -0.4 is 4.74 Å². The first-order valence-corrected chi connectivity index (χ1v) is 6.04. The molecule has 5 heteroatoms. The monoisotopic (exact) mass is 235 g/mol. The number of rotatable bonds is 2. The molecule has 5 nitrogen and oxygen atoms in total. The van der Waals surface area contributed by atoms with Crippen LogP contribution in [0.3, 0.4) is 0 Å². The fourth-order valence-electron chi connectivity index (χ4n) is 3.04. The molecule has 2 fully saturated rings. The first kappa shape index (κ1) is 10.9. The molecule has 1 aromatic rings. The zero-order valence-corrected chi connectivity index (χ0v) is 9.96. The number of nitrogens with zero attached hydrogens (tertiary/aromatic N) is 3. The van der Waals surface area contributed by atoms with E-state index in [0.717, 1.165) is 26.1 Å². The molecule has 92 valence electrons. The minimum Gasteiger partial charge on any atom is -0.480 e. The maximum atomic E-state index is 10.9. The number of piperidine rings is 1. The molecule has 3 atom stereocenters. The number of fused-ring (bicyclic) bond motifs is 2. The van der Waals surface area contributed by atoms with E-state index in [2.05, 4.69) is 14.9 Å².